The molecule has 86 valence electrons. The molecule has 2 rings (SSSR count). The molecule has 1 saturated carbocycles. The first-order chi connectivity index (χ1) is 7.61. The van der Waals surface area contributed by atoms with Gasteiger partial charge < -0.3 is 11.5 Å². The van der Waals surface area contributed by atoms with Crippen LogP contribution in [0.5, 0.6) is 0 Å². The van der Waals surface area contributed by atoms with E-state index >= 15 is 0 Å². The maximum Gasteiger partial charge on any atom is 0.168 e. The van der Waals surface area contributed by atoms with Crippen molar-refractivity contribution in [1.29, 1.82) is 0 Å². The van der Waals surface area contributed by atoms with Crippen molar-refractivity contribution in [3.8, 4) is 0 Å². The summed E-state index contributed by atoms with van der Waals surface area (Å²) in [6.07, 6.45) is 6.05. The van der Waals surface area contributed by atoms with Crippen LogP contribution in [0, 0.1) is 0 Å². The Kier molecular flexibility index (Phi) is 2.92. The van der Waals surface area contributed by atoms with Gasteiger partial charge in [-0.2, -0.15) is 0 Å². The molecular formula is C12H17N3O. The Labute approximate surface area is 95.0 Å². The van der Waals surface area contributed by atoms with Crippen molar-refractivity contribution in [2.75, 3.05) is 5.73 Å². The summed E-state index contributed by atoms with van der Waals surface area (Å²) in [5, 5.41) is 0. The van der Waals surface area contributed by atoms with Gasteiger partial charge in [-0.15, -0.1) is 0 Å². The van der Waals surface area contributed by atoms with E-state index in [0.29, 0.717) is 17.8 Å². The highest BCUT2D eigenvalue weighted by molar-refractivity contribution is 6.00. The molecule has 4 N–H and O–H groups in total. The Morgan fingerprint density at radius 2 is 2.12 bits per heavy atom. The predicted molar refractivity (Wildman–Crippen MR) is 63.0 cm³/mol. The number of ketones is 1. The lowest BCUT2D eigenvalue weighted by molar-refractivity contribution is 0.0953. The molecule has 1 aliphatic rings. The number of nitrogens with two attached hydrogens (primary N) is 2. The van der Waals surface area contributed by atoms with E-state index in [1.54, 1.807) is 18.3 Å². The average molecular weight is 219 g/mol. The van der Waals surface area contributed by atoms with Crippen molar-refractivity contribution in [3.05, 3.63) is 23.9 Å². The quantitative estimate of drug-likeness (QED) is 0.755. The minimum absolute atomic E-state index is 0.00926. The highest BCUT2D eigenvalue weighted by Crippen LogP contribution is 2.31. The molecular weight excluding hydrogens is 202 g/mol. The van der Waals surface area contributed by atoms with Gasteiger partial charge in [0, 0.05) is 18.2 Å². The maximum atomic E-state index is 12.0. The van der Waals surface area contributed by atoms with Gasteiger partial charge >= 0.3 is 0 Å². The van der Waals surface area contributed by atoms with Gasteiger partial charge in [-0.3, -0.25) is 4.79 Å². The standard InChI is InChI=1S/C12H17N3O/c13-11-9(4-3-7-15-11)10(16)8-12(14)5-1-2-6-12/h3-4,7H,1-2,5-6,8,14H2,(H2,13,15). The fraction of sp³-hybridized carbons (Fsp3) is 0.500. The van der Waals surface area contributed by atoms with E-state index < -0.39 is 0 Å². The van der Waals surface area contributed by atoms with Crippen LogP contribution in [-0.2, 0) is 0 Å². The molecule has 1 aromatic rings. The lowest BCUT2D eigenvalue weighted by atomic mass is 9.90. The van der Waals surface area contributed by atoms with Gasteiger partial charge in [0.25, 0.3) is 0 Å². The Hall–Kier alpha value is -1.42. The van der Waals surface area contributed by atoms with Gasteiger partial charge in [-0.25, -0.2) is 4.98 Å². The minimum Gasteiger partial charge on any atom is -0.383 e. The lowest BCUT2D eigenvalue weighted by Crippen LogP contribution is -2.38. The number of nitrogens with zero attached hydrogens (tertiary/aromatic N) is 1. The molecule has 1 fully saturated rings. The predicted octanol–water partition coefficient (Wildman–Crippen LogP) is 1.51. The number of Topliss-reactive ketones (excluding diaryl/α,β-unsaturated/α-hetero) is 1. The number of carbonyl (C=O) groups excluding carboxylic acids is 1. The second-order valence-electron chi connectivity index (χ2n) is 4.61. The largest absolute Gasteiger partial charge is 0.383 e. The Bertz CT molecular complexity index is 397. The van der Waals surface area contributed by atoms with Crippen molar-refractivity contribution < 1.29 is 4.79 Å². The molecule has 0 aromatic carbocycles. The van der Waals surface area contributed by atoms with Crippen LogP contribution in [0.15, 0.2) is 18.3 Å². The third-order valence-electron chi connectivity index (χ3n) is 3.25. The van der Waals surface area contributed by atoms with Crippen LogP contribution < -0.4 is 11.5 Å². The zero-order valence-electron chi connectivity index (χ0n) is 9.28. The molecule has 1 heterocycles. The summed E-state index contributed by atoms with van der Waals surface area (Å²) < 4.78 is 0. The van der Waals surface area contributed by atoms with Crippen LogP contribution in [-0.4, -0.2) is 16.3 Å². The van der Waals surface area contributed by atoms with Crippen LogP contribution in [0.3, 0.4) is 0 Å². The van der Waals surface area contributed by atoms with Gasteiger partial charge in [-0.05, 0) is 25.0 Å². The molecule has 0 spiro atoms. The molecule has 0 aliphatic heterocycles. The van der Waals surface area contributed by atoms with Crippen LogP contribution in [0.1, 0.15) is 42.5 Å². The van der Waals surface area contributed by atoms with E-state index in [2.05, 4.69) is 4.98 Å². The molecule has 0 radical (unpaired) electrons. The molecule has 0 bridgehead atoms. The summed E-state index contributed by atoms with van der Waals surface area (Å²) in [6.45, 7) is 0. The van der Waals surface area contributed by atoms with Gasteiger partial charge in [0.05, 0.1) is 5.56 Å². The molecule has 4 heteroatoms. The van der Waals surface area contributed by atoms with E-state index in [4.69, 9.17) is 11.5 Å². The van der Waals surface area contributed by atoms with Gasteiger partial charge in [0.2, 0.25) is 0 Å². The van der Waals surface area contributed by atoms with E-state index in [-0.39, 0.29) is 11.3 Å². The number of nitrogen functional groups attached to an aromatic ring is 1. The molecule has 0 unspecified atom stereocenters. The molecule has 1 aliphatic carbocycles. The van der Waals surface area contributed by atoms with Crippen LogP contribution in [0.2, 0.25) is 0 Å². The van der Waals surface area contributed by atoms with Crippen molar-refractivity contribution in [2.24, 2.45) is 5.73 Å². The van der Waals surface area contributed by atoms with Crippen LogP contribution in [0.4, 0.5) is 5.82 Å². The van der Waals surface area contributed by atoms with Gasteiger partial charge in [0.1, 0.15) is 5.82 Å². The summed E-state index contributed by atoms with van der Waals surface area (Å²) in [6, 6.07) is 3.43. The fourth-order valence-corrected chi connectivity index (χ4v) is 2.32. The van der Waals surface area contributed by atoms with Gasteiger partial charge in [-0.1, -0.05) is 12.8 Å². The minimum atomic E-state index is -0.320. The molecule has 0 atom stereocenters. The van der Waals surface area contributed by atoms with Crippen LogP contribution in [0.25, 0.3) is 0 Å². The van der Waals surface area contributed by atoms with Crippen LogP contribution >= 0.6 is 0 Å². The summed E-state index contributed by atoms with van der Waals surface area (Å²) in [4.78, 5) is 15.9. The summed E-state index contributed by atoms with van der Waals surface area (Å²) in [7, 11) is 0. The highest BCUT2D eigenvalue weighted by Gasteiger charge is 2.32. The molecule has 1 aromatic heterocycles. The maximum absolute atomic E-state index is 12.0. The summed E-state index contributed by atoms with van der Waals surface area (Å²) in [5.41, 5.74) is 12.0. The topological polar surface area (TPSA) is 82.0 Å². The normalized spacial score (nSPS) is 18.6. The number of hydrogen-bond donors (Lipinski definition) is 2. The van der Waals surface area contributed by atoms with Crippen molar-refractivity contribution >= 4 is 11.6 Å². The summed E-state index contributed by atoms with van der Waals surface area (Å²) in [5.74, 6) is 0.309. The van der Waals surface area contributed by atoms with E-state index in [9.17, 15) is 4.79 Å². The zero-order chi connectivity index (χ0) is 11.6. The summed E-state index contributed by atoms with van der Waals surface area (Å²) >= 11 is 0. The molecule has 4 nitrogen and oxygen atoms in total. The number of aromatic nitrogens is 1. The smallest absolute Gasteiger partial charge is 0.168 e. The monoisotopic (exact) mass is 219 g/mol. The number of carbonyl (C=O) groups is 1. The van der Waals surface area contributed by atoms with Crippen molar-refractivity contribution in [1.82, 2.24) is 4.98 Å². The van der Waals surface area contributed by atoms with E-state index in [1.165, 1.54) is 0 Å². The highest BCUT2D eigenvalue weighted by atomic mass is 16.1. The number of hydrogen-bond acceptors (Lipinski definition) is 4. The van der Waals surface area contributed by atoms with Gasteiger partial charge in [0.15, 0.2) is 5.78 Å². The second-order valence-corrected chi connectivity index (χ2v) is 4.61. The zero-order valence-corrected chi connectivity index (χ0v) is 9.28. The average Bonchev–Trinajstić information content (AvgIpc) is 2.65. The first-order valence-corrected chi connectivity index (χ1v) is 5.63. The van der Waals surface area contributed by atoms with E-state index in [1.807, 2.05) is 0 Å². The number of pyridine rings is 1. The Morgan fingerprint density at radius 3 is 2.75 bits per heavy atom. The van der Waals surface area contributed by atoms with E-state index in [0.717, 1.165) is 25.7 Å². The Morgan fingerprint density at radius 1 is 1.44 bits per heavy atom. The number of rotatable bonds is 3. The lowest BCUT2D eigenvalue weighted by Gasteiger charge is -2.22. The molecule has 16 heavy (non-hydrogen) atoms. The Balaban J connectivity index is 2.11. The third-order valence-corrected chi connectivity index (χ3v) is 3.25. The van der Waals surface area contributed by atoms with Crippen molar-refractivity contribution in [2.45, 2.75) is 37.6 Å². The number of anilines is 1. The third kappa shape index (κ3) is 2.22. The molecule has 0 saturated heterocycles. The fourth-order valence-electron chi connectivity index (χ4n) is 2.32. The van der Waals surface area contributed by atoms with Crippen molar-refractivity contribution in [3.63, 3.8) is 0 Å². The first kappa shape index (κ1) is 11.1. The first-order valence-electron chi connectivity index (χ1n) is 5.63. The molecule has 0 amide bonds. The second kappa shape index (κ2) is 4.22. The SMILES string of the molecule is Nc1ncccc1C(=O)CC1(N)CCCC1.